The SMILES string of the molecule is COCCNCc1cnc(N(C)C(C)CSC)nc1. The molecule has 0 aliphatic rings. The molecule has 1 atom stereocenters. The molecule has 0 bridgehead atoms. The van der Waals surface area contributed by atoms with E-state index in [9.17, 15) is 0 Å². The van der Waals surface area contributed by atoms with E-state index in [0.29, 0.717) is 12.6 Å². The zero-order chi connectivity index (χ0) is 14.1. The highest BCUT2D eigenvalue weighted by molar-refractivity contribution is 7.98. The van der Waals surface area contributed by atoms with Gasteiger partial charge in [-0.25, -0.2) is 9.97 Å². The highest BCUT2D eigenvalue weighted by Crippen LogP contribution is 2.11. The van der Waals surface area contributed by atoms with Gasteiger partial charge in [-0.1, -0.05) is 0 Å². The number of anilines is 1. The molecule has 1 heterocycles. The van der Waals surface area contributed by atoms with Crippen molar-refractivity contribution in [2.45, 2.75) is 19.5 Å². The first kappa shape index (κ1) is 16.2. The minimum Gasteiger partial charge on any atom is -0.383 e. The maximum Gasteiger partial charge on any atom is 0.225 e. The van der Waals surface area contributed by atoms with Crippen molar-refractivity contribution in [3.8, 4) is 0 Å². The highest BCUT2D eigenvalue weighted by atomic mass is 32.2. The van der Waals surface area contributed by atoms with Crippen LogP contribution in [0.15, 0.2) is 12.4 Å². The molecule has 6 heteroatoms. The fourth-order valence-corrected chi connectivity index (χ4v) is 2.28. The number of nitrogens with one attached hydrogen (secondary N) is 1. The van der Waals surface area contributed by atoms with Gasteiger partial charge < -0.3 is 15.0 Å². The molecule has 108 valence electrons. The summed E-state index contributed by atoms with van der Waals surface area (Å²) >= 11 is 1.83. The monoisotopic (exact) mass is 284 g/mol. The van der Waals surface area contributed by atoms with Crippen molar-refractivity contribution in [3.05, 3.63) is 18.0 Å². The van der Waals surface area contributed by atoms with Gasteiger partial charge in [-0.05, 0) is 13.2 Å². The van der Waals surface area contributed by atoms with E-state index in [1.54, 1.807) is 7.11 Å². The highest BCUT2D eigenvalue weighted by Gasteiger charge is 2.11. The first-order valence-electron chi connectivity index (χ1n) is 6.41. The average molecular weight is 284 g/mol. The van der Waals surface area contributed by atoms with Gasteiger partial charge in [0.2, 0.25) is 5.95 Å². The van der Waals surface area contributed by atoms with E-state index < -0.39 is 0 Å². The van der Waals surface area contributed by atoms with E-state index in [1.165, 1.54) is 0 Å². The smallest absolute Gasteiger partial charge is 0.225 e. The molecule has 0 saturated carbocycles. The predicted octanol–water partition coefficient (Wildman–Crippen LogP) is 1.40. The van der Waals surface area contributed by atoms with Crippen molar-refractivity contribution >= 4 is 17.7 Å². The van der Waals surface area contributed by atoms with E-state index in [0.717, 1.165) is 30.4 Å². The van der Waals surface area contributed by atoms with E-state index in [-0.39, 0.29) is 0 Å². The minimum absolute atomic E-state index is 0.431. The topological polar surface area (TPSA) is 50.3 Å². The third-order valence-electron chi connectivity index (χ3n) is 2.89. The molecule has 1 aromatic rings. The number of hydrogen-bond donors (Lipinski definition) is 1. The van der Waals surface area contributed by atoms with Crippen molar-refractivity contribution in [1.29, 1.82) is 0 Å². The Morgan fingerprint density at radius 2 is 2.11 bits per heavy atom. The molecule has 1 rings (SSSR count). The molecule has 1 unspecified atom stereocenters. The second-order valence-electron chi connectivity index (χ2n) is 4.48. The predicted molar refractivity (Wildman–Crippen MR) is 81.9 cm³/mol. The molecule has 0 amide bonds. The van der Waals surface area contributed by atoms with Crippen molar-refractivity contribution < 1.29 is 4.74 Å². The van der Waals surface area contributed by atoms with Crippen LogP contribution in [-0.4, -0.2) is 55.3 Å². The number of nitrogens with zero attached hydrogens (tertiary/aromatic N) is 3. The lowest BCUT2D eigenvalue weighted by atomic mass is 10.3. The second kappa shape index (κ2) is 9.12. The van der Waals surface area contributed by atoms with Gasteiger partial charge in [0.15, 0.2) is 0 Å². The molecular formula is C13H24N4OS. The summed E-state index contributed by atoms with van der Waals surface area (Å²) in [7, 11) is 3.73. The molecule has 0 saturated heterocycles. The van der Waals surface area contributed by atoms with E-state index in [4.69, 9.17) is 4.74 Å². The van der Waals surface area contributed by atoms with Crippen LogP contribution in [0.2, 0.25) is 0 Å². The number of rotatable bonds is 9. The average Bonchev–Trinajstić information content (AvgIpc) is 2.44. The Hall–Kier alpha value is -0.850. The Morgan fingerprint density at radius 1 is 1.42 bits per heavy atom. The third kappa shape index (κ3) is 5.76. The van der Waals surface area contributed by atoms with Gasteiger partial charge in [-0.2, -0.15) is 11.8 Å². The molecule has 1 N–H and O–H groups in total. The van der Waals surface area contributed by atoms with Gasteiger partial charge in [-0.15, -0.1) is 0 Å². The molecule has 19 heavy (non-hydrogen) atoms. The van der Waals surface area contributed by atoms with Crippen LogP contribution < -0.4 is 10.2 Å². The maximum absolute atomic E-state index is 4.98. The van der Waals surface area contributed by atoms with Crippen LogP contribution in [-0.2, 0) is 11.3 Å². The fourth-order valence-electron chi connectivity index (χ4n) is 1.58. The molecular weight excluding hydrogens is 260 g/mol. The lowest BCUT2D eigenvalue weighted by Gasteiger charge is -2.24. The lowest BCUT2D eigenvalue weighted by Crippen LogP contribution is -2.32. The fraction of sp³-hybridized carbons (Fsp3) is 0.692. The summed E-state index contributed by atoms with van der Waals surface area (Å²) in [4.78, 5) is 10.9. The van der Waals surface area contributed by atoms with Crippen molar-refractivity contribution in [2.24, 2.45) is 0 Å². The quantitative estimate of drug-likeness (QED) is 0.692. The van der Waals surface area contributed by atoms with E-state index in [2.05, 4.69) is 33.4 Å². The molecule has 0 aliphatic heterocycles. The molecule has 5 nitrogen and oxygen atoms in total. The largest absolute Gasteiger partial charge is 0.383 e. The molecule has 0 radical (unpaired) electrons. The van der Waals surface area contributed by atoms with Gasteiger partial charge in [0, 0.05) is 57.0 Å². The van der Waals surface area contributed by atoms with Gasteiger partial charge in [0.1, 0.15) is 0 Å². The summed E-state index contributed by atoms with van der Waals surface area (Å²) in [5.74, 6) is 1.85. The summed E-state index contributed by atoms with van der Waals surface area (Å²) in [6.07, 6.45) is 5.87. The molecule has 0 aromatic carbocycles. The summed E-state index contributed by atoms with van der Waals surface area (Å²) in [6.45, 7) is 4.50. The van der Waals surface area contributed by atoms with Crippen LogP contribution in [0, 0.1) is 0 Å². The Balaban J connectivity index is 2.46. The summed E-state index contributed by atoms with van der Waals surface area (Å²) in [5.41, 5.74) is 1.09. The van der Waals surface area contributed by atoms with Crippen LogP contribution in [0.5, 0.6) is 0 Å². The van der Waals surface area contributed by atoms with Gasteiger partial charge in [0.25, 0.3) is 0 Å². The standard InChI is InChI=1S/C13H24N4OS/c1-11(10-19-4)17(2)13-15-8-12(9-16-13)7-14-5-6-18-3/h8-9,11,14H,5-7,10H2,1-4H3. The number of ether oxygens (including phenoxy) is 1. The zero-order valence-corrected chi connectivity index (χ0v) is 13.0. The van der Waals surface area contributed by atoms with Crippen molar-refractivity contribution in [1.82, 2.24) is 15.3 Å². The van der Waals surface area contributed by atoms with Crippen LogP contribution >= 0.6 is 11.8 Å². The van der Waals surface area contributed by atoms with Gasteiger partial charge in [0.05, 0.1) is 6.61 Å². The van der Waals surface area contributed by atoms with Crippen LogP contribution in [0.4, 0.5) is 5.95 Å². The van der Waals surface area contributed by atoms with Crippen LogP contribution in [0.3, 0.4) is 0 Å². The first-order chi connectivity index (χ1) is 9.19. The van der Waals surface area contributed by atoms with Crippen molar-refractivity contribution in [3.63, 3.8) is 0 Å². The number of methoxy groups -OCH3 is 1. The molecule has 1 aromatic heterocycles. The summed E-state index contributed by atoms with van der Waals surface area (Å²) < 4.78 is 4.98. The van der Waals surface area contributed by atoms with Gasteiger partial charge >= 0.3 is 0 Å². The summed E-state index contributed by atoms with van der Waals surface area (Å²) in [6, 6.07) is 0.431. The molecule has 0 fully saturated rings. The van der Waals surface area contributed by atoms with Crippen molar-refractivity contribution in [2.75, 3.05) is 44.2 Å². The number of aromatic nitrogens is 2. The van der Waals surface area contributed by atoms with Gasteiger partial charge in [-0.3, -0.25) is 0 Å². The Morgan fingerprint density at radius 3 is 2.68 bits per heavy atom. The first-order valence-corrected chi connectivity index (χ1v) is 7.80. The Kier molecular flexibility index (Phi) is 7.78. The van der Waals surface area contributed by atoms with Crippen LogP contribution in [0.25, 0.3) is 0 Å². The third-order valence-corrected chi connectivity index (χ3v) is 3.70. The van der Waals surface area contributed by atoms with E-state index >= 15 is 0 Å². The maximum atomic E-state index is 4.98. The lowest BCUT2D eigenvalue weighted by molar-refractivity contribution is 0.199. The Labute approximate surface area is 120 Å². The minimum atomic E-state index is 0.431. The number of thioether (sulfide) groups is 1. The Bertz CT molecular complexity index is 347. The molecule has 0 spiro atoms. The number of hydrogen-bond acceptors (Lipinski definition) is 6. The second-order valence-corrected chi connectivity index (χ2v) is 5.39. The zero-order valence-electron chi connectivity index (χ0n) is 12.2. The van der Waals surface area contributed by atoms with Crippen LogP contribution in [0.1, 0.15) is 12.5 Å². The normalized spacial score (nSPS) is 12.4. The molecule has 0 aliphatic carbocycles. The summed E-state index contributed by atoms with van der Waals surface area (Å²) in [5, 5.41) is 3.27. The van der Waals surface area contributed by atoms with E-state index in [1.807, 2.05) is 31.2 Å².